The largest absolute Gasteiger partial charge is 0.399 e. The maximum absolute atomic E-state index is 13.2. The van der Waals surface area contributed by atoms with Gasteiger partial charge in [-0.1, -0.05) is 15.9 Å². The molecule has 0 bridgehead atoms. The highest BCUT2D eigenvalue weighted by Crippen LogP contribution is 2.25. The Bertz CT molecular complexity index is 614. The van der Waals surface area contributed by atoms with Gasteiger partial charge in [-0.2, -0.15) is 5.26 Å². The molecule has 3 nitrogen and oxygen atoms in total. The van der Waals surface area contributed by atoms with E-state index in [9.17, 15) is 4.39 Å². The van der Waals surface area contributed by atoms with E-state index in [1.807, 2.05) is 0 Å². The van der Waals surface area contributed by atoms with Crippen molar-refractivity contribution in [3.8, 4) is 6.07 Å². The second-order valence-electron chi connectivity index (χ2n) is 3.70. The lowest BCUT2D eigenvalue weighted by Gasteiger charge is -2.09. The Morgan fingerprint density at radius 3 is 2.67 bits per heavy atom. The van der Waals surface area contributed by atoms with Gasteiger partial charge < -0.3 is 11.1 Å². The first kappa shape index (κ1) is 12.4. The molecular weight excluding hydrogens is 297 g/mol. The molecule has 0 atom stereocenters. The fourth-order valence-corrected chi connectivity index (χ4v) is 1.92. The molecule has 0 fully saturated rings. The maximum atomic E-state index is 13.2. The second kappa shape index (κ2) is 5.07. The van der Waals surface area contributed by atoms with E-state index in [4.69, 9.17) is 11.0 Å². The van der Waals surface area contributed by atoms with Crippen molar-refractivity contribution in [1.29, 1.82) is 5.26 Å². The summed E-state index contributed by atoms with van der Waals surface area (Å²) in [6, 6.07) is 11.4. The molecule has 0 amide bonds. The van der Waals surface area contributed by atoms with Crippen LogP contribution in [-0.2, 0) is 0 Å². The molecule has 3 N–H and O–H groups in total. The number of anilines is 3. The standard InChI is InChI=1S/C13H9BrFN3/c14-9-1-2-13(8(3-9)7-16)18-12-5-10(15)4-11(17)6-12/h1-6,18H,17H2. The molecule has 2 aromatic rings. The van der Waals surface area contributed by atoms with Crippen LogP contribution in [0.25, 0.3) is 0 Å². The first-order valence-corrected chi connectivity index (χ1v) is 5.90. The van der Waals surface area contributed by atoms with Crippen LogP contribution in [0.5, 0.6) is 0 Å². The van der Waals surface area contributed by atoms with Crippen molar-refractivity contribution in [2.75, 3.05) is 11.1 Å². The van der Waals surface area contributed by atoms with Crippen LogP contribution >= 0.6 is 15.9 Å². The predicted molar refractivity (Wildman–Crippen MR) is 73.0 cm³/mol. The van der Waals surface area contributed by atoms with Crippen LogP contribution in [-0.4, -0.2) is 0 Å². The lowest BCUT2D eigenvalue weighted by atomic mass is 10.2. The van der Waals surface area contributed by atoms with Crippen LogP contribution in [0, 0.1) is 17.1 Å². The highest BCUT2D eigenvalue weighted by molar-refractivity contribution is 9.10. The Hall–Kier alpha value is -2.06. The molecule has 2 rings (SSSR count). The minimum absolute atomic E-state index is 0.327. The summed E-state index contributed by atoms with van der Waals surface area (Å²) < 4.78 is 14.0. The summed E-state index contributed by atoms with van der Waals surface area (Å²) in [6.45, 7) is 0. The monoisotopic (exact) mass is 305 g/mol. The van der Waals surface area contributed by atoms with Gasteiger partial charge in [0.1, 0.15) is 11.9 Å². The number of nitriles is 1. The Labute approximate surface area is 112 Å². The van der Waals surface area contributed by atoms with Crippen molar-refractivity contribution in [3.63, 3.8) is 0 Å². The normalized spacial score (nSPS) is 9.83. The van der Waals surface area contributed by atoms with E-state index in [0.717, 1.165) is 4.47 Å². The summed E-state index contributed by atoms with van der Waals surface area (Å²) in [5.41, 5.74) is 7.46. The molecule has 0 saturated carbocycles. The number of rotatable bonds is 2. The molecule has 0 spiro atoms. The Kier molecular flexibility index (Phi) is 3.49. The molecule has 0 aliphatic carbocycles. The SMILES string of the molecule is N#Cc1cc(Br)ccc1Nc1cc(N)cc(F)c1. The fraction of sp³-hybridized carbons (Fsp3) is 0. The number of nitrogens with zero attached hydrogens (tertiary/aromatic N) is 1. The molecular formula is C13H9BrFN3. The van der Waals surface area contributed by atoms with Crippen molar-refractivity contribution < 1.29 is 4.39 Å². The van der Waals surface area contributed by atoms with E-state index in [1.54, 1.807) is 24.3 Å². The third kappa shape index (κ3) is 2.79. The lowest BCUT2D eigenvalue weighted by Crippen LogP contribution is -1.96. The van der Waals surface area contributed by atoms with Gasteiger partial charge in [-0.05, 0) is 36.4 Å². The van der Waals surface area contributed by atoms with Crippen molar-refractivity contribution in [2.45, 2.75) is 0 Å². The molecule has 0 aromatic heterocycles. The van der Waals surface area contributed by atoms with Gasteiger partial charge >= 0.3 is 0 Å². The number of nitrogen functional groups attached to an aromatic ring is 1. The zero-order valence-corrected chi connectivity index (χ0v) is 10.8. The second-order valence-corrected chi connectivity index (χ2v) is 4.62. The highest BCUT2D eigenvalue weighted by Gasteiger charge is 2.04. The first-order valence-electron chi connectivity index (χ1n) is 5.11. The van der Waals surface area contributed by atoms with E-state index in [1.165, 1.54) is 12.1 Å². The van der Waals surface area contributed by atoms with Crippen molar-refractivity contribution in [1.82, 2.24) is 0 Å². The highest BCUT2D eigenvalue weighted by atomic mass is 79.9. The fourth-order valence-electron chi connectivity index (χ4n) is 1.56. The van der Waals surface area contributed by atoms with Crippen LogP contribution in [0.15, 0.2) is 40.9 Å². The summed E-state index contributed by atoms with van der Waals surface area (Å²) in [7, 11) is 0. The summed E-state index contributed by atoms with van der Waals surface area (Å²) in [6.07, 6.45) is 0. The summed E-state index contributed by atoms with van der Waals surface area (Å²) in [5.74, 6) is -0.423. The summed E-state index contributed by atoms with van der Waals surface area (Å²) >= 11 is 3.29. The van der Waals surface area contributed by atoms with Crippen LogP contribution in [0.2, 0.25) is 0 Å². The minimum atomic E-state index is -0.423. The Morgan fingerprint density at radius 1 is 1.22 bits per heavy atom. The number of benzene rings is 2. The first-order chi connectivity index (χ1) is 8.58. The van der Waals surface area contributed by atoms with E-state index in [-0.39, 0.29) is 0 Å². The average molecular weight is 306 g/mol. The molecule has 18 heavy (non-hydrogen) atoms. The van der Waals surface area contributed by atoms with Gasteiger partial charge in [-0.25, -0.2) is 4.39 Å². The van der Waals surface area contributed by atoms with Gasteiger partial charge in [-0.3, -0.25) is 0 Å². The molecule has 0 unspecified atom stereocenters. The Balaban J connectivity index is 2.37. The van der Waals surface area contributed by atoms with Crippen LogP contribution in [0.1, 0.15) is 5.56 Å². The zero-order chi connectivity index (χ0) is 13.1. The predicted octanol–water partition coefficient (Wildman–Crippen LogP) is 3.79. The number of hydrogen-bond donors (Lipinski definition) is 2. The van der Waals surface area contributed by atoms with Crippen molar-refractivity contribution >= 4 is 33.0 Å². The minimum Gasteiger partial charge on any atom is -0.399 e. The third-order valence-corrected chi connectivity index (χ3v) is 2.79. The topological polar surface area (TPSA) is 61.8 Å². The summed E-state index contributed by atoms with van der Waals surface area (Å²) in [4.78, 5) is 0. The average Bonchev–Trinajstić information content (AvgIpc) is 2.30. The number of halogens is 2. The van der Waals surface area contributed by atoms with E-state index < -0.39 is 5.82 Å². The van der Waals surface area contributed by atoms with Crippen LogP contribution < -0.4 is 11.1 Å². The quantitative estimate of drug-likeness (QED) is 0.830. The zero-order valence-electron chi connectivity index (χ0n) is 9.24. The molecule has 2 aromatic carbocycles. The number of hydrogen-bond acceptors (Lipinski definition) is 3. The van der Waals surface area contributed by atoms with Gasteiger partial charge in [0.25, 0.3) is 0 Å². The molecule has 0 heterocycles. The van der Waals surface area contributed by atoms with Gasteiger partial charge in [0, 0.05) is 15.8 Å². The van der Waals surface area contributed by atoms with E-state index >= 15 is 0 Å². The van der Waals surface area contributed by atoms with Gasteiger partial charge in [0.15, 0.2) is 0 Å². The molecule has 5 heteroatoms. The number of nitrogens with one attached hydrogen (secondary N) is 1. The maximum Gasteiger partial charge on any atom is 0.127 e. The Morgan fingerprint density at radius 2 is 2.00 bits per heavy atom. The molecule has 0 aliphatic rings. The van der Waals surface area contributed by atoms with Gasteiger partial charge in [-0.15, -0.1) is 0 Å². The molecule has 0 saturated heterocycles. The third-order valence-electron chi connectivity index (χ3n) is 2.30. The smallest absolute Gasteiger partial charge is 0.127 e. The van der Waals surface area contributed by atoms with E-state index in [2.05, 4.69) is 27.3 Å². The van der Waals surface area contributed by atoms with Crippen molar-refractivity contribution in [2.24, 2.45) is 0 Å². The molecule has 0 radical (unpaired) electrons. The molecule has 90 valence electrons. The van der Waals surface area contributed by atoms with Gasteiger partial charge in [0.05, 0.1) is 11.3 Å². The summed E-state index contributed by atoms with van der Waals surface area (Å²) in [5, 5.41) is 12.0. The van der Waals surface area contributed by atoms with Crippen LogP contribution in [0.3, 0.4) is 0 Å². The van der Waals surface area contributed by atoms with Crippen LogP contribution in [0.4, 0.5) is 21.5 Å². The lowest BCUT2D eigenvalue weighted by molar-refractivity contribution is 0.629. The van der Waals surface area contributed by atoms with Gasteiger partial charge in [0.2, 0.25) is 0 Å². The van der Waals surface area contributed by atoms with E-state index in [0.29, 0.717) is 22.6 Å². The molecule has 0 aliphatic heterocycles. The number of nitrogens with two attached hydrogens (primary N) is 1. The van der Waals surface area contributed by atoms with Crippen molar-refractivity contribution in [3.05, 3.63) is 52.3 Å².